The molecule has 0 spiro atoms. The van der Waals surface area contributed by atoms with Gasteiger partial charge in [0.2, 0.25) is 5.91 Å². The molecule has 1 saturated heterocycles. The first-order valence-corrected chi connectivity index (χ1v) is 13.6. The fourth-order valence-electron chi connectivity index (χ4n) is 5.08. The molecular formula is C28H29N7O2S. The van der Waals surface area contributed by atoms with Crippen LogP contribution in [0, 0.1) is 6.92 Å². The van der Waals surface area contributed by atoms with Gasteiger partial charge < -0.3 is 16.0 Å². The predicted molar refractivity (Wildman–Crippen MR) is 151 cm³/mol. The Labute approximate surface area is 225 Å². The first-order valence-electron chi connectivity index (χ1n) is 12.4. The van der Waals surface area contributed by atoms with Gasteiger partial charge in [-0.15, -0.1) is 11.8 Å². The van der Waals surface area contributed by atoms with Crippen LogP contribution in [0.2, 0.25) is 0 Å². The summed E-state index contributed by atoms with van der Waals surface area (Å²) in [6, 6.07) is 10.9. The number of aromatic nitrogens is 4. The first-order chi connectivity index (χ1) is 18.4. The Morgan fingerprint density at radius 3 is 2.74 bits per heavy atom. The monoisotopic (exact) mass is 527 g/mol. The fourth-order valence-corrected chi connectivity index (χ4v) is 6.15. The fraction of sp³-hybridized carbons (Fsp3) is 0.250. The zero-order valence-electron chi connectivity index (χ0n) is 21.5. The largest absolute Gasteiger partial charge is 0.382 e. The second kappa shape index (κ2) is 10.3. The standard InChI is InChI=1S/C28H29N7O2S/c1-4-8-22(36)35-15-7-12-28(35,38-3)27-33-23(24-25(29)31-14-16-34(24)27)19-10-11-20(18(2)17-19)26(37)32-21-9-5-6-13-30-21/h4-6,8-11,13-14,16-17H,7,12,15H2,1-3H3,(H2,29,31)(H,30,32,37)/b8-4+. The van der Waals surface area contributed by atoms with Crippen LogP contribution in [-0.2, 0) is 9.67 Å². The molecule has 1 aromatic carbocycles. The molecule has 1 fully saturated rings. The molecule has 9 nitrogen and oxygen atoms in total. The number of nitrogens with zero attached hydrogens (tertiary/aromatic N) is 5. The van der Waals surface area contributed by atoms with E-state index in [0.717, 1.165) is 29.8 Å². The van der Waals surface area contributed by atoms with E-state index >= 15 is 0 Å². The highest BCUT2D eigenvalue weighted by Crippen LogP contribution is 2.48. The number of hydrogen-bond donors (Lipinski definition) is 2. The van der Waals surface area contributed by atoms with Crippen LogP contribution >= 0.6 is 11.8 Å². The molecule has 1 aliphatic rings. The van der Waals surface area contributed by atoms with Gasteiger partial charge in [0, 0.05) is 36.3 Å². The van der Waals surface area contributed by atoms with Crippen molar-refractivity contribution in [3.63, 3.8) is 0 Å². The van der Waals surface area contributed by atoms with Gasteiger partial charge in [0.05, 0.1) is 0 Å². The lowest BCUT2D eigenvalue weighted by Crippen LogP contribution is -2.43. The number of thioether (sulfide) groups is 1. The van der Waals surface area contributed by atoms with Crippen molar-refractivity contribution in [2.24, 2.45) is 0 Å². The summed E-state index contributed by atoms with van der Waals surface area (Å²) in [4.78, 5) is 40.8. The first kappa shape index (κ1) is 25.5. The number of nitrogens with one attached hydrogen (secondary N) is 1. The number of anilines is 2. The highest BCUT2D eigenvalue weighted by atomic mass is 32.2. The molecule has 4 aromatic rings. The molecular weight excluding hydrogens is 498 g/mol. The van der Waals surface area contributed by atoms with Crippen molar-refractivity contribution in [2.75, 3.05) is 23.9 Å². The minimum atomic E-state index is -0.650. The number of amides is 2. The Balaban J connectivity index is 1.60. The van der Waals surface area contributed by atoms with E-state index in [9.17, 15) is 9.59 Å². The van der Waals surface area contributed by atoms with Crippen LogP contribution in [0.5, 0.6) is 0 Å². The number of nitrogen functional groups attached to an aromatic ring is 1. The van der Waals surface area contributed by atoms with E-state index in [0.29, 0.717) is 35.0 Å². The van der Waals surface area contributed by atoms with E-state index in [2.05, 4.69) is 15.3 Å². The summed E-state index contributed by atoms with van der Waals surface area (Å²) in [6.45, 7) is 4.37. The summed E-state index contributed by atoms with van der Waals surface area (Å²) in [5, 5.41) is 2.83. The van der Waals surface area contributed by atoms with Gasteiger partial charge in [-0.3, -0.25) is 14.0 Å². The quantitative estimate of drug-likeness (QED) is 0.350. The third-order valence-electron chi connectivity index (χ3n) is 6.83. The topological polar surface area (TPSA) is 119 Å². The van der Waals surface area contributed by atoms with Crippen molar-refractivity contribution in [3.8, 4) is 11.3 Å². The molecule has 1 aliphatic heterocycles. The van der Waals surface area contributed by atoms with Gasteiger partial charge in [-0.05, 0) is 68.8 Å². The van der Waals surface area contributed by atoms with Crippen LogP contribution in [0.4, 0.5) is 11.6 Å². The van der Waals surface area contributed by atoms with Gasteiger partial charge in [-0.1, -0.05) is 18.2 Å². The summed E-state index contributed by atoms with van der Waals surface area (Å²) in [6.07, 6.45) is 12.1. The van der Waals surface area contributed by atoms with E-state index < -0.39 is 4.87 Å². The lowest BCUT2D eigenvalue weighted by Gasteiger charge is -2.35. The van der Waals surface area contributed by atoms with Crippen LogP contribution in [0.3, 0.4) is 0 Å². The van der Waals surface area contributed by atoms with Crippen molar-refractivity contribution in [1.29, 1.82) is 0 Å². The second-order valence-electron chi connectivity index (χ2n) is 9.10. The van der Waals surface area contributed by atoms with Crippen LogP contribution in [0.25, 0.3) is 16.8 Å². The number of fused-ring (bicyclic) bond motifs is 1. The lowest BCUT2D eigenvalue weighted by atomic mass is 10.0. The van der Waals surface area contributed by atoms with Crippen molar-refractivity contribution >= 4 is 40.7 Å². The molecule has 3 aromatic heterocycles. The maximum absolute atomic E-state index is 13.1. The molecule has 0 radical (unpaired) electrons. The average Bonchev–Trinajstić information content (AvgIpc) is 3.53. The number of carbonyl (C=O) groups excluding carboxylic acids is 2. The Morgan fingerprint density at radius 2 is 2.03 bits per heavy atom. The normalized spacial score (nSPS) is 17.4. The van der Waals surface area contributed by atoms with Crippen molar-refractivity contribution in [2.45, 2.75) is 31.6 Å². The Morgan fingerprint density at radius 1 is 1.18 bits per heavy atom. The maximum atomic E-state index is 13.1. The number of nitrogens with two attached hydrogens (primary N) is 1. The number of aryl methyl sites for hydroxylation is 1. The maximum Gasteiger partial charge on any atom is 0.257 e. The third-order valence-corrected chi connectivity index (χ3v) is 8.11. The second-order valence-corrected chi connectivity index (χ2v) is 10.2. The number of rotatable bonds is 6. The molecule has 10 heteroatoms. The zero-order valence-corrected chi connectivity index (χ0v) is 22.3. The third kappa shape index (κ3) is 4.30. The Kier molecular flexibility index (Phi) is 6.90. The summed E-state index contributed by atoms with van der Waals surface area (Å²) < 4.78 is 1.95. The van der Waals surface area contributed by atoms with Crippen molar-refractivity contribution in [3.05, 3.63) is 84.1 Å². The van der Waals surface area contributed by atoms with Gasteiger partial charge in [0.1, 0.15) is 27.7 Å². The summed E-state index contributed by atoms with van der Waals surface area (Å²) in [7, 11) is 0. The smallest absolute Gasteiger partial charge is 0.257 e. The minimum Gasteiger partial charge on any atom is -0.382 e. The van der Waals surface area contributed by atoms with Gasteiger partial charge in [-0.25, -0.2) is 15.0 Å². The number of benzene rings is 1. The summed E-state index contributed by atoms with van der Waals surface area (Å²) in [5.74, 6) is 1.28. The van der Waals surface area contributed by atoms with E-state index in [4.69, 9.17) is 10.7 Å². The molecule has 5 rings (SSSR count). The molecule has 0 bridgehead atoms. The SMILES string of the molecule is C/C=C/C(=O)N1CCCC1(SC)c1nc(-c2ccc(C(=O)Nc3ccccn3)c(C)c2)c2c(N)nccn12. The number of pyridine rings is 1. The predicted octanol–water partition coefficient (Wildman–Crippen LogP) is 4.65. The van der Waals surface area contributed by atoms with E-state index in [-0.39, 0.29) is 11.8 Å². The molecule has 194 valence electrons. The molecule has 0 saturated carbocycles. The number of hydrogen-bond acceptors (Lipinski definition) is 7. The highest BCUT2D eigenvalue weighted by molar-refractivity contribution is 7.99. The summed E-state index contributed by atoms with van der Waals surface area (Å²) in [5.41, 5.74) is 9.85. The molecule has 1 unspecified atom stereocenters. The van der Waals surface area contributed by atoms with Crippen molar-refractivity contribution in [1.82, 2.24) is 24.3 Å². The van der Waals surface area contributed by atoms with Gasteiger partial charge in [0.25, 0.3) is 5.91 Å². The van der Waals surface area contributed by atoms with Crippen LogP contribution in [0.1, 0.15) is 41.5 Å². The molecule has 0 aliphatic carbocycles. The van der Waals surface area contributed by atoms with Crippen molar-refractivity contribution < 1.29 is 9.59 Å². The molecule has 4 heterocycles. The van der Waals surface area contributed by atoms with E-state index in [1.165, 1.54) is 0 Å². The number of likely N-dealkylation sites (tertiary alicyclic amines) is 1. The molecule has 3 N–H and O–H groups in total. The summed E-state index contributed by atoms with van der Waals surface area (Å²) >= 11 is 1.60. The van der Waals surface area contributed by atoms with Gasteiger partial charge in [-0.2, -0.15) is 0 Å². The highest BCUT2D eigenvalue weighted by Gasteiger charge is 2.47. The molecule has 2 amide bonds. The van der Waals surface area contributed by atoms with E-state index in [1.807, 2.05) is 53.8 Å². The average molecular weight is 528 g/mol. The van der Waals surface area contributed by atoms with Crippen LogP contribution < -0.4 is 11.1 Å². The number of imidazole rings is 1. The zero-order chi connectivity index (χ0) is 26.9. The van der Waals surface area contributed by atoms with E-state index in [1.54, 1.807) is 54.5 Å². The Bertz CT molecular complexity index is 1550. The Hall–Kier alpha value is -4.18. The number of allylic oxidation sites excluding steroid dienone is 1. The minimum absolute atomic E-state index is 0.0428. The molecule has 1 atom stereocenters. The van der Waals surface area contributed by atoms with Gasteiger partial charge in [0.15, 0.2) is 5.82 Å². The lowest BCUT2D eigenvalue weighted by molar-refractivity contribution is -0.127. The molecule has 38 heavy (non-hydrogen) atoms. The van der Waals surface area contributed by atoms with Crippen LogP contribution in [-0.4, -0.2) is 48.9 Å². The van der Waals surface area contributed by atoms with Crippen LogP contribution in [0.15, 0.2) is 67.1 Å². The number of carbonyl (C=O) groups is 2. The van der Waals surface area contributed by atoms with Gasteiger partial charge >= 0.3 is 0 Å².